The lowest BCUT2D eigenvalue weighted by Gasteiger charge is -2.13. The molecule has 0 aliphatic carbocycles. The van der Waals surface area contributed by atoms with Crippen LogP contribution in [0.15, 0.2) is 18.2 Å². The number of aliphatic hydroxyl groups is 1. The third-order valence-corrected chi connectivity index (χ3v) is 1.79. The lowest BCUT2D eigenvalue weighted by atomic mass is 10.1. The molecule has 0 unspecified atom stereocenters. The molecule has 84 valence electrons. The van der Waals surface area contributed by atoms with Gasteiger partial charge in [0, 0.05) is 5.56 Å². The molecule has 0 spiro atoms. The molecule has 0 heterocycles. The fraction of sp³-hybridized carbons (Fsp3) is 0.400. The molecule has 0 saturated carbocycles. The highest BCUT2D eigenvalue weighted by atomic mass is 19.3. The van der Waals surface area contributed by atoms with Crippen molar-refractivity contribution in [2.24, 2.45) is 0 Å². The summed E-state index contributed by atoms with van der Waals surface area (Å²) < 4.78 is 41.3. The Kier molecular flexibility index (Phi) is 3.96. The zero-order valence-corrected chi connectivity index (χ0v) is 8.08. The van der Waals surface area contributed by atoms with Crippen LogP contribution in [0.2, 0.25) is 0 Å². The smallest absolute Gasteiger partial charge is 0.272 e. The van der Waals surface area contributed by atoms with Gasteiger partial charge in [0.15, 0.2) is 0 Å². The molecular weight excluding hydrogens is 209 g/mol. The number of alkyl halides is 2. The van der Waals surface area contributed by atoms with Crippen LogP contribution in [-0.4, -0.2) is 18.1 Å². The summed E-state index contributed by atoms with van der Waals surface area (Å²) in [4.78, 5) is 0. The van der Waals surface area contributed by atoms with Crippen LogP contribution in [0.5, 0.6) is 5.75 Å². The maximum Gasteiger partial charge on any atom is 0.272 e. The Morgan fingerprint density at radius 1 is 1.40 bits per heavy atom. The standard InChI is InChI=1S/C10H11F3O2/c1-6(14)8-4-7(11)2-3-9(8)15-5-10(12)13/h2-4,6,10,14H,5H2,1H3/t6-/m0/s1. The van der Waals surface area contributed by atoms with Gasteiger partial charge in [-0.3, -0.25) is 0 Å². The van der Waals surface area contributed by atoms with Crippen molar-refractivity contribution >= 4 is 0 Å². The summed E-state index contributed by atoms with van der Waals surface area (Å²) in [5.74, 6) is -0.470. The number of benzene rings is 1. The van der Waals surface area contributed by atoms with Gasteiger partial charge < -0.3 is 9.84 Å². The van der Waals surface area contributed by atoms with Crippen LogP contribution in [0.1, 0.15) is 18.6 Å². The maximum absolute atomic E-state index is 12.8. The summed E-state index contributed by atoms with van der Waals surface area (Å²) >= 11 is 0. The Morgan fingerprint density at radius 3 is 2.60 bits per heavy atom. The SMILES string of the molecule is C[C@H](O)c1cc(F)ccc1OCC(F)F. The predicted molar refractivity (Wildman–Crippen MR) is 48.5 cm³/mol. The largest absolute Gasteiger partial charge is 0.487 e. The molecule has 1 aromatic rings. The first-order valence-corrected chi connectivity index (χ1v) is 4.39. The third-order valence-electron chi connectivity index (χ3n) is 1.79. The van der Waals surface area contributed by atoms with Gasteiger partial charge in [0.25, 0.3) is 6.43 Å². The van der Waals surface area contributed by atoms with Crippen molar-refractivity contribution in [3.8, 4) is 5.75 Å². The normalized spacial score (nSPS) is 12.9. The first-order chi connectivity index (χ1) is 7.00. The van der Waals surface area contributed by atoms with E-state index in [9.17, 15) is 18.3 Å². The monoisotopic (exact) mass is 220 g/mol. The van der Waals surface area contributed by atoms with Gasteiger partial charge in [0.1, 0.15) is 18.2 Å². The molecule has 1 atom stereocenters. The predicted octanol–water partition coefficient (Wildman–Crippen LogP) is 2.52. The lowest BCUT2D eigenvalue weighted by Crippen LogP contribution is -2.09. The van der Waals surface area contributed by atoms with Crippen molar-refractivity contribution in [2.75, 3.05) is 6.61 Å². The Labute approximate surface area is 85.3 Å². The second kappa shape index (κ2) is 5.02. The highest BCUT2D eigenvalue weighted by molar-refractivity contribution is 5.35. The van der Waals surface area contributed by atoms with E-state index in [2.05, 4.69) is 0 Å². The number of rotatable bonds is 4. The highest BCUT2D eigenvalue weighted by Crippen LogP contribution is 2.26. The van der Waals surface area contributed by atoms with E-state index in [0.29, 0.717) is 0 Å². The van der Waals surface area contributed by atoms with Gasteiger partial charge in [0.05, 0.1) is 6.10 Å². The van der Waals surface area contributed by atoms with E-state index in [4.69, 9.17) is 4.74 Å². The number of ether oxygens (including phenoxy) is 1. The molecule has 2 nitrogen and oxygen atoms in total. The van der Waals surface area contributed by atoms with E-state index < -0.39 is 25.0 Å². The third kappa shape index (κ3) is 3.43. The Hall–Kier alpha value is -1.23. The van der Waals surface area contributed by atoms with Gasteiger partial charge >= 0.3 is 0 Å². The van der Waals surface area contributed by atoms with Crippen molar-refractivity contribution in [3.63, 3.8) is 0 Å². The van der Waals surface area contributed by atoms with E-state index in [-0.39, 0.29) is 11.3 Å². The minimum atomic E-state index is -2.60. The van der Waals surface area contributed by atoms with Crippen molar-refractivity contribution in [2.45, 2.75) is 19.5 Å². The molecule has 5 heteroatoms. The zero-order valence-electron chi connectivity index (χ0n) is 8.08. The van der Waals surface area contributed by atoms with E-state index in [1.165, 1.54) is 13.0 Å². The van der Waals surface area contributed by atoms with Gasteiger partial charge in [-0.15, -0.1) is 0 Å². The molecule has 0 amide bonds. The van der Waals surface area contributed by atoms with Crippen LogP contribution in [0.3, 0.4) is 0 Å². The van der Waals surface area contributed by atoms with Crippen LogP contribution < -0.4 is 4.74 Å². The summed E-state index contributed by atoms with van der Waals surface area (Å²) in [6.45, 7) is 0.634. The molecule has 0 saturated heterocycles. The topological polar surface area (TPSA) is 29.5 Å². The minimum absolute atomic E-state index is 0.0756. The van der Waals surface area contributed by atoms with Crippen molar-refractivity contribution in [1.29, 1.82) is 0 Å². The average molecular weight is 220 g/mol. The van der Waals surface area contributed by atoms with Crippen LogP contribution in [-0.2, 0) is 0 Å². The van der Waals surface area contributed by atoms with Crippen LogP contribution in [0, 0.1) is 5.82 Å². The number of halogens is 3. The minimum Gasteiger partial charge on any atom is -0.487 e. The number of hydrogen-bond donors (Lipinski definition) is 1. The molecule has 1 N–H and O–H groups in total. The molecule has 1 rings (SSSR count). The zero-order chi connectivity index (χ0) is 11.4. The van der Waals surface area contributed by atoms with E-state index in [0.717, 1.165) is 12.1 Å². The summed E-state index contributed by atoms with van der Waals surface area (Å²) in [6, 6.07) is 3.37. The quantitative estimate of drug-likeness (QED) is 0.844. The van der Waals surface area contributed by atoms with Crippen LogP contribution >= 0.6 is 0 Å². The molecule has 0 fully saturated rings. The van der Waals surface area contributed by atoms with Crippen LogP contribution in [0.4, 0.5) is 13.2 Å². The van der Waals surface area contributed by atoms with E-state index in [1.807, 2.05) is 0 Å². The average Bonchev–Trinajstić information content (AvgIpc) is 2.15. The summed E-state index contributed by atoms with van der Waals surface area (Å²) in [7, 11) is 0. The second-order valence-electron chi connectivity index (χ2n) is 3.06. The first kappa shape index (κ1) is 11.8. The first-order valence-electron chi connectivity index (χ1n) is 4.39. The summed E-state index contributed by atoms with van der Waals surface area (Å²) in [6.07, 6.45) is -3.56. The molecule has 0 radical (unpaired) electrons. The molecule has 0 aliphatic heterocycles. The molecule has 0 aliphatic rings. The van der Waals surface area contributed by atoms with Gasteiger partial charge in [-0.25, -0.2) is 13.2 Å². The molecule has 15 heavy (non-hydrogen) atoms. The number of hydrogen-bond acceptors (Lipinski definition) is 2. The van der Waals surface area contributed by atoms with E-state index >= 15 is 0 Å². The van der Waals surface area contributed by atoms with Gasteiger partial charge in [-0.1, -0.05) is 0 Å². The highest BCUT2D eigenvalue weighted by Gasteiger charge is 2.12. The van der Waals surface area contributed by atoms with Gasteiger partial charge in [-0.2, -0.15) is 0 Å². The number of aliphatic hydroxyl groups excluding tert-OH is 1. The Balaban J connectivity index is 2.86. The fourth-order valence-electron chi connectivity index (χ4n) is 1.13. The summed E-state index contributed by atoms with van der Waals surface area (Å²) in [5, 5.41) is 9.26. The lowest BCUT2D eigenvalue weighted by molar-refractivity contribution is 0.0794. The second-order valence-corrected chi connectivity index (χ2v) is 3.06. The van der Waals surface area contributed by atoms with Gasteiger partial charge in [0.2, 0.25) is 0 Å². The Morgan fingerprint density at radius 2 is 2.07 bits per heavy atom. The summed E-state index contributed by atoms with van der Waals surface area (Å²) in [5.41, 5.74) is 0.163. The van der Waals surface area contributed by atoms with Crippen molar-refractivity contribution in [1.82, 2.24) is 0 Å². The molecule has 0 bridgehead atoms. The van der Waals surface area contributed by atoms with Crippen molar-refractivity contribution < 1.29 is 23.0 Å². The molecule has 1 aromatic carbocycles. The molecule has 0 aromatic heterocycles. The van der Waals surface area contributed by atoms with Crippen molar-refractivity contribution in [3.05, 3.63) is 29.6 Å². The maximum atomic E-state index is 12.8. The Bertz CT molecular complexity index is 326. The van der Waals surface area contributed by atoms with Gasteiger partial charge in [-0.05, 0) is 25.1 Å². The molecular formula is C10H11F3O2. The fourth-order valence-corrected chi connectivity index (χ4v) is 1.13. The van der Waals surface area contributed by atoms with E-state index in [1.54, 1.807) is 0 Å². The van der Waals surface area contributed by atoms with Crippen LogP contribution in [0.25, 0.3) is 0 Å².